The van der Waals surface area contributed by atoms with Crippen LogP contribution in [0.1, 0.15) is 32.3 Å². The van der Waals surface area contributed by atoms with Gasteiger partial charge in [-0.25, -0.2) is 4.79 Å². The van der Waals surface area contributed by atoms with E-state index in [4.69, 9.17) is 0 Å². The average molecular weight is 313 g/mol. The van der Waals surface area contributed by atoms with Crippen molar-refractivity contribution >= 4 is 22.6 Å². The summed E-state index contributed by atoms with van der Waals surface area (Å²) in [5.41, 5.74) is 1.67. The number of aliphatic hydroxyl groups is 1. The number of aromatic nitrogens is 1. The molecule has 0 radical (unpaired) electrons. The molecule has 0 bridgehead atoms. The van der Waals surface area contributed by atoms with Gasteiger partial charge >= 0.3 is 6.03 Å². The van der Waals surface area contributed by atoms with Gasteiger partial charge in [0, 0.05) is 18.1 Å². The first-order valence-electron chi connectivity index (χ1n) is 8.01. The van der Waals surface area contributed by atoms with E-state index < -0.39 is 5.60 Å². The minimum absolute atomic E-state index is 0.161. The third-order valence-corrected chi connectivity index (χ3v) is 4.42. The largest absolute Gasteiger partial charge is 0.388 e. The van der Waals surface area contributed by atoms with Crippen LogP contribution < -0.4 is 5.32 Å². The second-order valence-electron chi connectivity index (χ2n) is 6.82. The average Bonchev–Trinajstić information content (AvgIpc) is 2.96. The molecule has 1 fully saturated rings. The zero-order chi connectivity index (χ0) is 16.6. The molecule has 122 valence electrons. The maximum atomic E-state index is 12.7. The number of benzene rings is 1. The molecule has 5 nitrogen and oxygen atoms in total. The number of carbonyl (C=O) groups is 1. The summed E-state index contributed by atoms with van der Waals surface area (Å²) in [6, 6.07) is 7.52. The van der Waals surface area contributed by atoms with Crippen molar-refractivity contribution in [2.75, 3.05) is 11.9 Å². The van der Waals surface area contributed by atoms with Crippen molar-refractivity contribution in [1.29, 1.82) is 0 Å². The normalized spacial score (nSPS) is 18.4. The molecular weight excluding hydrogens is 290 g/mol. The van der Waals surface area contributed by atoms with E-state index in [9.17, 15) is 9.90 Å². The molecule has 1 aliphatic heterocycles. The summed E-state index contributed by atoms with van der Waals surface area (Å²) in [6.45, 7) is 6.18. The van der Waals surface area contributed by atoms with Crippen molar-refractivity contribution in [1.82, 2.24) is 9.88 Å². The Bertz CT molecular complexity index is 737. The van der Waals surface area contributed by atoms with Gasteiger partial charge in [0.2, 0.25) is 0 Å². The van der Waals surface area contributed by atoms with E-state index in [0.29, 0.717) is 12.2 Å². The third-order valence-electron chi connectivity index (χ3n) is 4.42. The quantitative estimate of drug-likeness (QED) is 0.894. The second kappa shape index (κ2) is 5.81. The lowest BCUT2D eigenvalue weighted by Crippen LogP contribution is -2.49. The Morgan fingerprint density at radius 3 is 2.96 bits per heavy atom. The van der Waals surface area contributed by atoms with E-state index in [-0.39, 0.29) is 12.1 Å². The van der Waals surface area contributed by atoms with Crippen molar-refractivity contribution in [3.63, 3.8) is 0 Å². The Labute approximate surface area is 136 Å². The number of pyridine rings is 1. The summed E-state index contributed by atoms with van der Waals surface area (Å²) in [5.74, 6) is 0. The van der Waals surface area contributed by atoms with Crippen LogP contribution in [0.3, 0.4) is 0 Å². The van der Waals surface area contributed by atoms with Crippen LogP contribution in [0.2, 0.25) is 0 Å². The number of hydrogen-bond acceptors (Lipinski definition) is 3. The summed E-state index contributed by atoms with van der Waals surface area (Å²) in [5, 5.41) is 14.3. The standard InChI is InChI=1S/C18H23N3O2/c1-12-10-13-6-4-8-19-16(13)14(11-12)20-17(22)21-9-5-7-15(21)18(2,3)23/h4,6,8,10-11,15,23H,5,7,9H2,1-3H3,(H,20,22). The molecular formula is C18H23N3O2. The second-order valence-corrected chi connectivity index (χ2v) is 6.82. The lowest BCUT2D eigenvalue weighted by atomic mass is 9.97. The molecule has 1 aliphatic rings. The monoisotopic (exact) mass is 313 g/mol. The van der Waals surface area contributed by atoms with Gasteiger partial charge in [0.1, 0.15) is 0 Å². The summed E-state index contributed by atoms with van der Waals surface area (Å²) in [7, 11) is 0. The zero-order valence-electron chi connectivity index (χ0n) is 13.8. The molecule has 1 aromatic carbocycles. The van der Waals surface area contributed by atoms with Crippen LogP contribution in [-0.2, 0) is 0 Å². The molecule has 1 unspecified atom stereocenters. The minimum atomic E-state index is -0.902. The molecule has 1 aromatic heterocycles. The van der Waals surface area contributed by atoms with Gasteiger partial charge in [-0.2, -0.15) is 0 Å². The predicted octanol–water partition coefficient (Wildman–Crippen LogP) is 3.31. The fraction of sp³-hybridized carbons (Fsp3) is 0.444. The number of urea groups is 1. The van der Waals surface area contributed by atoms with Gasteiger partial charge in [-0.3, -0.25) is 4.98 Å². The Morgan fingerprint density at radius 1 is 1.43 bits per heavy atom. The molecule has 1 atom stereocenters. The van der Waals surface area contributed by atoms with Crippen molar-refractivity contribution in [2.45, 2.75) is 45.3 Å². The van der Waals surface area contributed by atoms with E-state index in [0.717, 1.165) is 29.3 Å². The number of nitrogens with one attached hydrogen (secondary N) is 1. The van der Waals surface area contributed by atoms with Crippen LogP contribution in [0.4, 0.5) is 10.5 Å². The van der Waals surface area contributed by atoms with E-state index in [1.807, 2.05) is 31.2 Å². The number of hydrogen-bond donors (Lipinski definition) is 2. The van der Waals surface area contributed by atoms with Crippen molar-refractivity contribution in [3.8, 4) is 0 Å². The van der Waals surface area contributed by atoms with E-state index in [1.54, 1.807) is 24.9 Å². The fourth-order valence-electron chi connectivity index (χ4n) is 3.37. The lowest BCUT2D eigenvalue weighted by molar-refractivity contribution is 0.0117. The number of anilines is 1. The summed E-state index contributed by atoms with van der Waals surface area (Å²) in [4.78, 5) is 18.8. The molecule has 1 saturated heterocycles. The Balaban J connectivity index is 1.89. The first-order valence-corrected chi connectivity index (χ1v) is 8.01. The molecule has 0 saturated carbocycles. The zero-order valence-corrected chi connectivity index (χ0v) is 13.8. The molecule has 2 amide bonds. The van der Waals surface area contributed by atoms with Crippen LogP contribution in [-0.4, -0.2) is 39.2 Å². The highest BCUT2D eigenvalue weighted by atomic mass is 16.3. The topological polar surface area (TPSA) is 65.5 Å². The molecule has 2 N–H and O–H groups in total. The Morgan fingerprint density at radius 2 is 2.22 bits per heavy atom. The smallest absolute Gasteiger partial charge is 0.322 e. The molecule has 0 spiro atoms. The lowest BCUT2D eigenvalue weighted by Gasteiger charge is -2.33. The van der Waals surface area contributed by atoms with Gasteiger partial charge in [-0.15, -0.1) is 0 Å². The maximum absolute atomic E-state index is 12.7. The van der Waals surface area contributed by atoms with Gasteiger partial charge < -0.3 is 15.3 Å². The van der Waals surface area contributed by atoms with E-state index in [2.05, 4.69) is 10.3 Å². The van der Waals surface area contributed by atoms with Crippen molar-refractivity contribution in [3.05, 3.63) is 36.0 Å². The number of nitrogens with zero attached hydrogens (tertiary/aromatic N) is 2. The summed E-state index contributed by atoms with van der Waals surface area (Å²) < 4.78 is 0. The van der Waals surface area contributed by atoms with Crippen molar-refractivity contribution < 1.29 is 9.90 Å². The summed E-state index contributed by atoms with van der Waals surface area (Å²) >= 11 is 0. The van der Waals surface area contributed by atoms with Gasteiger partial charge in [-0.1, -0.05) is 6.07 Å². The molecule has 2 aromatic rings. The minimum Gasteiger partial charge on any atom is -0.388 e. The summed E-state index contributed by atoms with van der Waals surface area (Å²) in [6.07, 6.45) is 3.46. The molecule has 2 heterocycles. The highest BCUT2D eigenvalue weighted by Gasteiger charge is 2.38. The number of aryl methyl sites for hydroxylation is 1. The highest BCUT2D eigenvalue weighted by molar-refractivity contribution is 6.00. The fourth-order valence-corrected chi connectivity index (χ4v) is 3.37. The van der Waals surface area contributed by atoms with Gasteiger partial charge in [-0.05, 0) is 57.4 Å². The third kappa shape index (κ3) is 3.15. The van der Waals surface area contributed by atoms with Gasteiger partial charge in [0.15, 0.2) is 0 Å². The van der Waals surface area contributed by atoms with Crippen LogP contribution >= 0.6 is 0 Å². The van der Waals surface area contributed by atoms with Gasteiger partial charge in [0.05, 0.1) is 22.8 Å². The number of fused-ring (bicyclic) bond motifs is 1. The molecule has 3 rings (SSSR count). The maximum Gasteiger partial charge on any atom is 0.322 e. The predicted molar refractivity (Wildman–Crippen MR) is 91.5 cm³/mol. The molecule has 23 heavy (non-hydrogen) atoms. The number of amides is 2. The number of carbonyl (C=O) groups excluding carboxylic acids is 1. The van der Waals surface area contributed by atoms with E-state index >= 15 is 0 Å². The first-order chi connectivity index (χ1) is 10.9. The number of likely N-dealkylation sites (tertiary alicyclic amines) is 1. The van der Waals surface area contributed by atoms with Gasteiger partial charge in [0.25, 0.3) is 0 Å². The van der Waals surface area contributed by atoms with Crippen molar-refractivity contribution in [2.24, 2.45) is 0 Å². The highest BCUT2D eigenvalue weighted by Crippen LogP contribution is 2.29. The Kier molecular flexibility index (Phi) is 3.98. The first kappa shape index (κ1) is 15.7. The Hall–Kier alpha value is -2.14. The van der Waals surface area contributed by atoms with Crippen LogP contribution in [0.25, 0.3) is 10.9 Å². The molecule has 0 aliphatic carbocycles. The van der Waals surface area contributed by atoms with Crippen LogP contribution in [0, 0.1) is 6.92 Å². The molecule has 5 heteroatoms. The SMILES string of the molecule is Cc1cc(NC(=O)N2CCCC2C(C)(C)O)c2ncccc2c1. The van der Waals surface area contributed by atoms with Crippen LogP contribution in [0.5, 0.6) is 0 Å². The van der Waals surface area contributed by atoms with Crippen LogP contribution in [0.15, 0.2) is 30.5 Å². The van der Waals surface area contributed by atoms with E-state index in [1.165, 1.54) is 0 Å². The number of rotatable bonds is 2.